The van der Waals surface area contributed by atoms with E-state index >= 15 is 0 Å². The molecule has 0 bridgehead atoms. The highest BCUT2D eigenvalue weighted by molar-refractivity contribution is 5.97. The summed E-state index contributed by atoms with van der Waals surface area (Å²) in [5.74, 6) is 0.606. The molecule has 1 aromatic carbocycles. The van der Waals surface area contributed by atoms with Crippen LogP contribution in [0.5, 0.6) is 11.5 Å². The number of pyridine rings is 1. The van der Waals surface area contributed by atoms with E-state index in [9.17, 15) is 9.59 Å². The summed E-state index contributed by atoms with van der Waals surface area (Å²) in [4.78, 5) is 28.1. The maximum absolute atomic E-state index is 13.0. The Morgan fingerprint density at radius 1 is 1.09 bits per heavy atom. The molecule has 0 unspecified atom stereocenters. The largest absolute Gasteiger partial charge is 0.448 e. The predicted molar refractivity (Wildman–Crippen MR) is 123 cm³/mol. The summed E-state index contributed by atoms with van der Waals surface area (Å²) < 4.78 is 12.7. The fourth-order valence-electron chi connectivity index (χ4n) is 4.95. The molecule has 0 saturated heterocycles. The molecule has 1 atom stereocenters. The lowest BCUT2D eigenvalue weighted by atomic mass is 9.81. The van der Waals surface area contributed by atoms with Gasteiger partial charge >= 0.3 is 0 Å². The zero-order chi connectivity index (χ0) is 23.2. The van der Waals surface area contributed by atoms with E-state index in [4.69, 9.17) is 15.2 Å². The van der Waals surface area contributed by atoms with Crippen LogP contribution in [0.1, 0.15) is 70.9 Å². The van der Waals surface area contributed by atoms with E-state index in [0.717, 1.165) is 48.1 Å². The number of carbonyl (C=O) groups excluding carboxylic acids is 1. The van der Waals surface area contributed by atoms with Crippen LogP contribution in [-0.4, -0.2) is 22.7 Å². The van der Waals surface area contributed by atoms with Crippen LogP contribution in [0.3, 0.4) is 0 Å². The van der Waals surface area contributed by atoms with E-state index < -0.39 is 5.79 Å². The molecule has 32 heavy (non-hydrogen) atoms. The molecule has 0 radical (unpaired) electrons. The van der Waals surface area contributed by atoms with Gasteiger partial charge in [-0.3, -0.25) is 9.59 Å². The first-order valence-electron chi connectivity index (χ1n) is 11.3. The van der Waals surface area contributed by atoms with Crippen LogP contribution in [0.15, 0.2) is 16.9 Å². The summed E-state index contributed by atoms with van der Waals surface area (Å²) in [5, 5.41) is 2.90. The smallest absolute Gasteiger partial charge is 0.253 e. The second-order valence-corrected chi connectivity index (χ2v) is 9.48. The molecule has 4 rings (SSSR count). The Hall–Kier alpha value is -2.80. The molecule has 7 nitrogen and oxygen atoms in total. The number of aromatic nitrogens is 1. The van der Waals surface area contributed by atoms with Crippen molar-refractivity contribution >= 4 is 5.91 Å². The van der Waals surface area contributed by atoms with Crippen molar-refractivity contribution in [2.75, 3.05) is 0 Å². The van der Waals surface area contributed by atoms with Gasteiger partial charge in [0, 0.05) is 47.8 Å². The molecule has 1 aliphatic carbocycles. The number of nitrogens with two attached hydrogens (primary N) is 1. The van der Waals surface area contributed by atoms with Crippen LogP contribution in [0, 0.1) is 33.6 Å². The molecular weight excluding hydrogens is 406 g/mol. The van der Waals surface area contributed by atoms with E-state index in [1.807, 2.05) is 46.8 Å². The maximum atomic E-state index is 13.0. The Bertz CT molecular complexity index is 1120. The van der Waals surface area contributed by atoms with Crippen molar-refractivity contribution in [1.82, 2.24) is 10.3 Å². The molecule has 1 aromatic heterocycles. The third-order valence-corrected chi connectivity index (χ3v) is 6.96. The number of aryl methyl sites for hydroxylation is 3. The average molecular weight is 440 g/mol. The van der Waals surface area contributed by atoms with Crippen molar-refractivity contribution in [3.05, 3.63) is 56.0 Å². The first kappa shape index (κ1) is 22.4. The van der Waals surface area contributed by atoms with Crippen molar-refractivity contribution in [3.8, 4) is 11.5 Å². The zero-order valence-corrected chi connectivity index (χ0v) is 19.6. The van der Waals surface area contributed by atoms with Gasteiger partial charge in [-0.15, -0.1) is 0 Å². The van der Waals surface area contributed by atoms with Gasteiger partial charge < -0.3 is 25.5 Å². The number of nitrogens with one attached hydrogen (secondary N) is 2. The number of amides is 1. The molecule has 172 valence electrons. The zero-order valence-electron chi connectivity index (χ0n) is 19.6. The lowest BCUT2D eigenvalue weighted by Gasteiger charge is -2.36. The SMILES string of the molecule is Cc1cc(C)c(CNC(=O)c2cc(C)c3c(c2C)O[C@@](C)([C@H]2CC[C@H](N)CC2)O3)c(=O)[nH]1. The first-order chi connectivity index (χ1) is 15.1. The number of H-pyrrole nitrogens is 1. The molecule has 2 aliphatic rings. The molecule has 0 spiro atoms. The summed E-state index contributed by atoms with van der Waals surface area (Å²) in [6.07, 6.45) is 3.85. The lowest BCUT2D eigenvalue weighted by molar-refractivity contribution is -0.121. The Morgan fingerprint density at radius 2 is 1.75 bits per heavy atom. The summed E-state index contributed by atoms with van der Waals surface area (Å²) in [6.45, 7) is 9.66. The second-order valence-electron chi connectivity index (χ2n) is 9.48. The minimum atomic E-state index is -0.751. The summed E-state index contributed by atoms with van der Waals surface area (Å²) >= 11 is 0. The molecule has 2 aromatic rings. The van der Waals surface area contributed by atoms with E-state index in [1.54, 1.807) is 0 Å². The van der Waals surface area contributed by atoms with Crippen LogP contribution in [-0.2, 0) is 6.54 Å². The van der Waals surface area contributed by atoms with Gasteiger partial charge in [-0.1, -0.05) is 0 Å². The van der Waals surface area contributed by atoms with Crippen LogP contribution >= 0.6 is 0 Å². The van der Waals surface area contributed by atoms with Crippen molar-refractivity contribution in [2.24, 2.45) is 11.7 Å². The molecule has 7 heteroatoms. The number of fused-ring (bicyclic) bond motifs is 1. The van der Waals surface area contributed by atoms with Gasteiger partial charge in [0.15, 0.2) is 11.5 Å². The van der Waals surface area contributed by atoms with Gasteiger partial charge in [-0.05, 0) is 76.6 Å². The maximum Gasteiger partial charge on any atom is 0.253 e. The Labute approximate surface area is 188 Å². The topological polar surface area (TPSA) is 106 Å². The lowest BCUT2D eigenvalue weighted by Crippen LogP contribution is -2.46. The van der Waals surface area contributed by atoms with E-state index in [-0.39, 0.29) is 30.0 Å². The molecule has 1 fully saturated rings. The highest BCUT2D eigenvalue weighted by Gasteiger charge is 2.46. The van der Waals surface area contributed by atoms with Crippen molar-refractivity contribution in [3.63, 3.8) is 0 Å². The van der Waals surface area contributed by atoms with Gasteiger partial charge in [0.25, 0.3) is 17.3 Å². The minimum absolute atomic E-state index is 0.160. The van der Waals surface area contributed by atoms with Gasteiger partial charge in [0.2, 0.25) is 0 Å². The highest BCUT2D eigenvalue weighted by Crippen LogP contribution is 2.49. The van der Waals surface area contributed by atoms with Crippen LogP contribution < -0.4 is 26.1 Å². The van der Waals surface area contributed by atoms with E-state index in [1.165, 1.54) is 0 Å². The summed E-state index contributed by atoms with van der Waals surface area (Å²) in [7, 11) is 0. The second kappa shape index (κ2) is 8.28. The third kappa shape index (κ3) is 4.01. The standard InChI is InChI=1S/C25H33N3O4/c1-13-10-15(3)28-24(30)20(13)12-27-23(29)19-11-14(2)21-22(16(19)4)32-25(5,31-21)17-6-8-18(26)9-7-17/h10-11,17-18H,6-9,12,26H2,1-5H3,(H,27,29)(H,28,30)/t17-,18-,25-/m0/s1. The predicted octanol–water partition coefficient (Wildman–Crippen LogP) is 3.54. The summed E-state index contributed by atoms with van der Waals surface area (Å²) in [6, 6.07) is 3.99. The van der Waals surface area contributed by atoms with Gasteiger partial charge in [-0.25, -0.2) is 0 Å². The highest BCUT2D eigenvalue weighted by atomic mass is 16.7. The van der Waals surface area contributed by atoms with Crippen molar-refractivity contribution in [1.29, 1.82) is 0 Å². The number of ether oxygens (including phenoxy) is 2. The summed E-state index contributed by atoms with van der Waals surface area (Å²) in [5.41, 5.74) is 10.2. The van der Waals surface area contributed by atoms with Crippen LogP contribution in [0.25, 0.3) is 0 Å². The fraction of sp³-hybridized carbons (Fsp3) is 0.520. The third-order valence-electron chi connectivity index (χ3n) is 6.96. The molecule has 1 saturated carbocycles. The number of hydrogen-bond acceptors (Lipinski definition) is 5. The normalized spacial score (nSPS) is 24.4. The number of benzene rings is 1. The fourth-order valence-corrected chi connectivity index (χ4v) is 4.95. The molecule has 2 heterocycles. The monoisotopic (exact) mass is 439 g/mol. The average Bonchev–Trinajstić information content (AvgIpc) is 3.10. The number of rotatable bonds is 4. The van der Waals surface area contributed by atoms with Gasteiger partial charge in [0.1, 0.15) is 0 Å². The van der Waals surface area contributed by atoms with E-state index in [2.05, 4.69) is 10.3 Å². The van der Waals surface area contributed by atoms with Crippen LogP contribution in [0.4, 0.5) is 0 Å². The number of carbonyl (C=O) groups is 1. The molecular formula is C25H33N3O4. The van der Waals surface area contributed by atoms with Gasteiger partial charge in [-0.2, -0.15) is 0 Å². The molecule has 1 aliphatic heterocycles. The Morgan fingerprint density at radius 3 is 2.41 bits per heavy atom. The van der Waals surface area contributed by atoms with E-state index in [0.29, 0.717) is 22.6 Å². The quantitative estimate of drug-likeness (QED) is 0.676. The number of hydrogen-bond donors (Lipinski definition) is 3. The van der Waals surface area contributed by atoms with Crippen molar-refractivity contribution in [2.45, 2.75) is 78.7 Å². The first-order valence-corrected chi connectivity index (χ1v) is 11.3. The molecule has 4 N–H and O–H groups in total. The Kier molecular flexibility index (Phi) is 5.79. The van der Waals surface area contributed by atoms with Crippen LogP contribution in [0.2, 0.25) is 0 Å². The Balaban J connectivity index is 1.55. The number of aromatic amines is 1. The van der Waals surface area contributed by atoms with Gasteiger partial charge in [0.05, 0.1) is 0 Å². The van der Waals surface area contributed by atoms with Crippen molar-refractivity contribution < 1.29 is 14.3 Å². The molecule has 1 amide bonds. The minimum Gasteiger partial charge on any atom is -0.448 e.